The molecule has 2 rings (SSSR count). The molecule has 0 aromatic rings. The average molecular weight is 452 g/mol. The van der Waals surface area contributed by atoms with Gasteiger partial charge >= 0.3 is 5.97 Å². The van der Waals surface area contributed by atoms with Crippen LogP contribution in [0.15, 0.2) is 0 Å². The Labute approximate surface area is 194 Å². The lowest BCUT2D eigenvalue weighted by atomic mass is 9.92. The molecular formula is C25H45N3O4. The molecule has 0 aromatic heterocycles. The second-order valence-corrected chi connectivity index (χ2v) is 10.5. The average Bonchev–Trinajstić information content (AvgIpc) is 2.73. The van der Waals surface area contributed by atoms with Crippen LogP contribution in [0, 0.1) is 17.8 Å². The second-order valence-electron chi connectivity index (χ2n) is 10.5. The fourth-order valence-corrected chi connectivity index (χ4v) is 4.69. The van der Waals surface area contributed by atoms with Crippen LogP contribution in [0.5, 0.6) is 0 Å². The van der Waals surface area contributed by atoms with E-state index in [0.29, 0.717) is 44.3 Å². The van der Waals surface area contributed by atoms with Crippen LogP contribution in [0.2, 0.25) is 0 Å². The minimum absolute atomic E-state index is 0.0444. The molecule has 2 fully saturated rings. The van der Waals surface area contributed by atoms with Gasteiger partial charge in [0.25, 0.3) is 0 Å². The van der Waals surface area contributed by atoms with Crippen molar-refractivity contribution in [3.63, 3.8) is 0 Å². The molecule has 2 aliphatic heterocycles. The summed E-state index contributed by atoms with van der Waals surface area (Å²) in [6.07, 6.45) is 4.28. The Hall–Kier alpha value is -1.63. The molecule has 7 heteroatoms. The first-order valence-corrected chi connectivity index (χ1v) is 12.6. The Morgan fingerprint density at radius 1 is 1.06 bits per heavy atom. The molecule has 0 aliphatic carbocycles. The maximum atomic E-state index is 13.5. The monoisotopic (exact) mass is 451 g/mol. The minimum Gasteiger partial charge on any atom is -0.463 e. The first-order valence-electron chi connectivity index (χ1n) is 12.6. The standard InChI is InChI=1S/C25H45N3O4/c1-7-19(6)32-23(29)16-20-8-11-27(12-9-20)25(31)22(15-18(4)5)28-13-10-26-21(24(28)30)14-17(2)3/h17-22,26H,7-16H2,1-6H3/t19?,21-,22-/m0/s1. The lowest BCUT2D eigenvalue weighted by Crippen LogP contribution is -2.62. The van der Waals surface area contributed by atoms with Gasteiger partial charge < -0.3 is 19.9 Å². The third-order valence-corrected chi connectivity index (χ3v) is 6.68. The van der Waals surface area contributed by atoms with Crippen molar-refractivity contribution in [2.45, 2.75) is 98.3 Å². The lowest BCUT2D eigenvalue weighted by molar-refractivity contribution is -0.152. The topological polar surface area (TPSA) is 79.0 Å². The molecule has 1 unspecified atom stereocenters. The van der Waals surface area contributed by atoms with Gasteiger partial charge in [0.2, 0.25) is 11.8 Å². The number of likely N-dealkylation sites (tertiary alicyclic amines) is 1. The van der Waals surface area contributed by atoms with Crippen LogP contribution in [0.4, 0.5) is 0 Å². The number of carbonyl (C=O) groups is 3. The van der Waals surface area contributed by atoms with Crippen molar-refractivity contribution in [3.8, 4) is 0 Å². The van der Waals surface area contributed by atoms with Crippen LogP contribution in [0.1, 0.15) is 80.1 Å². The van der Waals surface area contributed by atoms with Crippen LogP contribution in [-0.4, -0.2) is 72.0 Å². The smallest absolute Gasteiger partial charge is 0.306 e. The van der Waals surface area contributed by atoms with Gasteiger partial charge in [-0.15, -0.1) is 0 Å². The van der Waals surface area contributed by atoms with Crippen LogP contribution < -0.4 is 5.32 Å². The van der Waals surface area contributed by atoms with E-state index in [1.165, 1.54) is 0 Å². The highest BCUT2D eigenvalue weighted by atomic mass is 16.5. The van der Waals surface area contributed by atoms with E-state index in [2.05, 4.69) is 33.0 Å². The fourth-order valence-electron chi connectivity index (χ4n) is 4.69. The van der Waals surface area contributed by atoms with Crippen LogP contribution in [-0.2, 0) is 19.1 Å². The van der Waals surface area contributed by atoms with Gasteiger partial charge in [0.05, 0.1) is 12.1 Å². The SMILES string of the molecule is CCC(C)OC(=O)CC1CCN(C(=O)[C@H](CC(C)C)N2CCN[C@@H](CC(C)C)C2=O)CC1. The quantitative estimate of drug-likeness (QED) is 0.516. The van der Waals surface area contributed by atoms with Gasteiger partial charge in [0.15, 0.2) is 0 Å². The Morgan fingerprint density at radius 2 is 1.72 bits per heavy atom. The van der Waals surface area contributed by atoms with Gasteiger partial charge in [-0.1, -0.05) is 34.6 Å². The van der Waals surface area contributed by atoms with Crippen molar-refractivity contribution in [2.75, 3.05) is 26.2 Å². The number of rotatable bonds is 10. The summed E-state index contributed by atoms with van der Waals surface area (Å²) in [5.41, 5.74) is 0. The number of hydrogen-bond acceptors (Lipinski definition) is 5. The van der Waals surface area contributed by atoms with Crippen LogP contribution >= 0.6 is 0 Å². The molecule has 0 spiro atoms. The number of amides is 2. The molecule has 2 saturated heterocycles. The van der Waals surface area contributed by atoms with Crippen molar-refractivity contribution < 1.29 is 19.1 Å². The summed E-state index contributed by atoms with van der Waals surface area (Å²) in [7, 11) is 0. The number of piperidine rings is 1. The van der Waals surface area contributed by atoms with E-state index >= 15 is 0 Å². The Balaban J connectivity index is 1.98. The molecule has 2 amide bonds. The van der Waals surface area contributed by atoms with Gasteiger partial charge in [0, 0.05) is 32.6 Å². The van der Waals surface area contributed by atoms with Gasteiger partial charge in [-0.2, -0.15) is 0 Å². The number of ether oxygens (including phenoxy) is 1. The van der Waals surface area contributed by atoms with Gasteiger partial charge in [-0.3, -0.25) is 14.4 Å². The molecule has 32 heavy (non-hydrogen) atoms. The number of esters is 1. The van der Waals surface area contributed by atoms with Crippen molar-refractivity contribution in [1.29, 1.82) is 0 Å². The van der Waals surface area contributed by atoms with Crippen molar-refractivity contribution in [1.82, 2.24) is 15.1 Å². The highest BCUT2D eigenvalue weighted by Crippen LogP contribution is 2.25. The zero-order valence-electron chi connectivity index (χ0n) is 21.1. The molecule has 2 aliphatic rings. The first kappa shape index (κ1) is 26.6. The molecule has 3 atom stereocenters. The fraction of sp³-hybridized carbons (Fsp3) is 0.880. The number of hydrogen-bond donors (Lipinski definition) is 1. The van der Waals surface area contributed by atoms with E-state index in [0.717, 1.165) is 32.2 Å². The normalized spacial score (nSPS) is 22.4. The maximum absolute atomic E-state index is 13.5. The largest absolute Gasteiger partial charge is 0.463 e. The number of piperazine rings is 1. The third kappa shape index (κ3) is 7.75. The van der Waals surface area contributed by atoms with Crippen molar-refractivity contribution in [3.05, 3.63) is 0 Å². The zero-order valence-corrected chi connectivity index (χ0v) is 21.1. The van der Waals surface area contributed by atoms with E-state index in [1.807, 2.05) is 23.6 Å². The summed E-state index contributed by atoms with van der Waals surface area (Å²) in [4.78, 5) is 42.6. The van der Waals surface area contributed by atoms with E-state index in [-0.39, 0.29) is 35.8 Å². The Kier molecular flexibility index (Phi) is 10.5. The van der Waals surface area contributed by atoms with E-state index in [4.69, 9.17) is 4.74 Å². The maximum Gasteiger partial charge on any atom is 0.306 e. The number of nitrogens with one attached hydrogen (secondary N) is 1. The molecule has 0 radical (unpaired) electrons. The predicted molar refractivity (Wildman–Crippen MR) is 126 cm³/mol. The van der Waals surface area contributed by atoms with Gasteiger partial charge in [-0.05, 0) is 56.8 Å². The molecule has 184 valence electrons. The molecule has 7 nitrogen and oxygen atoms in total. The lowest BCUT2D eigenvalue weighted by Gasteiger charge is -2.42. The Bertz CT molecular complexity index is 629. The molecule has 0 bridgehead atoms. The predicted octanol–water partition coefficient (Wildman–Crippen LogP) is 3.22. The highest BCUT2D eigenvalue weighted by molar-refractivity contribution is 5.90. The summed E-state index contributed by atoms with van der Waals surface area (Å²) >= 11 is 0. The summed E-state index contributed by atoms with van der Waals surface area (Å²) in [6, 6.07) is -0.598. The first-order chi connectivity index (χ1) is 15.1. The van der Waals surface area contributed by atoms with Gasteiger partial charge in [-0.25, -0.2) is 0 Å². The molecular weight excluding hydrogens is 406 g/mol. The Morgan fingerprint density at radius 3 is 2.28 bits per heavy atom. The van der Waals surface area contributed by atoms with Gasteiger partial charge in [0.1, 0.15) is 6.04 Å². The molecule has 1 N–H and O–H groups in total. The van der Waals surface area contributed by atoms with E-state index in [1.54, 1.807) is 0 Å². The van der Waals surface area contributed by atoms with Crippen LogP contribution in [0.3, 0.4) is 0 Å². The van der Waals surface area contributed by atoms with Crippen molar-refractivity contribution in [2.24, 2.45) is 17.8 Å². The summed E-state index contributed by atoms with van der Waals surface area (Å²) < 4.78 is 5.42. The number of nitrogens with zero attached hydrogens (tertiary/aromatic N) is 2. The summed E-state index contributed by atoms with van der Waals surface area (Å²) in [6.45, 7) is 15.0. The molecule has 2 heterocycles. The van der Waals surface area contributed by atoms with E-state index in [9.17, 15) is 14.4 Å². The van der Waals surface area contributed by atoms with Crippen molar-refractivity contribution >= 4 is 17.8 Å². The third-order valence-electron chi connectivity index (χ3n) is 6.68. The molecule has 0 aromatic carbocycles. The molecule has 0 saturated carbocycles. The van der Waals surface area contributed by atoms with E-state index < -0.39 is 6.04 Å². The highest BCUT2D eigenvalue weighted by Gasteiger charge is 2.39. The number of carbonyl (C=O) groups excluding carboxylic acids is 3. The van der Waals surface area contributed by atoms with Crippen LogP contribution in [0.25, 0.3) is 0 Å². The second kappa shape index (κ2) is 12.6. The summed E-state index contributed by atoms with van der Waals surface area (Å²) in [5.74, 6) is 0.994. The summed E-state index contributed by atoms with van der Waals surface area (Å²) in [5, 5.41) is 3.34. The zero-order chi connectivity index (χ0) is 23.8. The minimum atomic E-state index is -0.397.